The summed E-state index contributed by atoms with van der Waals surface area (Å²) in [4.78, 5) is 33.2. The monoisotopic (exact) mass is 489 g/mol. The number of thiophene rings is 1. The molecule has 34 heavy (non-hydrogen) atoms. The van der Waals surface area contributed by atoms with Gasteiger partial charge in [0.2, 0.25) is 0 Å². The summed E-state index contributed by atoms with van der Waals surface area (Å²) in [5.74, 6) is 0.960. The first-order valence-electron chi connectivity index (χ1n) is 10.8. The smallest absolute Gasteiger partial charge is 0.329 e. The van der Waals surface area contributed by atoms with Crippen molar-refractivity contribution in [2.24, 2.45) is 4.99 Å². The van der Waals surface area contributed by atoms with Gasteiger partial charge in [-0.1, -0.05) is 6.07 Å². The van der Waals surface area contributed by atoms with Crippen LogP contribution in [-0.2, 0) is 0 Å². The Balaban J connectivity index is 1.31. The number of aromatic nitrogens is 1. The van der Waals surface area contributed by atoms with E-state index in [9.17, 15) is 9.59 Å². The van der Waals surface area contributed by atoms with Gasteiger partial charge in [-0.2, -0.15) is 0 Å². The highest BCUT2D eigenvalue weighted by Crippen LogP contribution is 2.24. The predicted octanol–water partition coefficient (Wildman–Crippen LogP) is 4.88. The maximum absolute atomic E-state index is 13.2. The molecule has 9 heteroatoms. The van der Waals surface area contributed by atoms with E-state index in [1.807, 2.05) is 62.5 Å². The van der Waals surface area contributed by atoms with Gasteiger partial charge in [-0.25, -0.2) is 4.79 Å². The van der Waals surface area contributed by atoms with E-state index in [1.54, 1.807) is 34.2 Å². The second kappa shape index (κ2) is 9.36. The molecule has 0 saturated heterocycles. The summed E-state index contributed by atoms with van der Waals surface area (Å²) >= 11 is 2.91. The molecule has 0 radical (unpaired) electrons. The Kier molecular flexibility index (Phi) is 6.12. The van der Waals surface area contributed by atoms with Gasteiger partial charge in [-0.05, 0) is 78.9 Å². The Morgan fingerprint density at radius 1 is 1.09 bits per heavy atom. The molecule has 7 nitrogen and oxygen atoms in total. The number of likely N-dealkylation sites (N-methyl/N-ethyl adjacent to an activating group) is 1. The number of amidine groups is 1. The third-order valence-corrected chi connectivity index (χ3v) is 7.50. The molecule has 2 aromatic heterocycles. The lowest BCUT2D eigenvalue weighted by molar-refractivity contribution is 0.257. The quantitative estimate of drug-likeness (QED) is 0.392. The molecule has 0 saturated carbocycles. The molecule has 4 aromatic rings. The lowest BCUT2D eigenvalue weighted by Gasteiger charge is -2.14. The number of urea groups is 1. The summed E-state index contributed by atoms with van der Waals surface area (Å²) in [5, 5.41) is 4.34. The zero-order valence-corrected chi connectivity index (χ0v) is 20.4. The number of carbonyl (C=O) groups excluding carboxylic acids is 1. The number of rotatable bonds is 5. The standard InChI is InChI=1S/C25H23N5O2S2/c1-16-3-10-22(33-16)34-28-25(32)27-19-5-7-20(8-6-19)30-13-11-17-15-18(4-9-21(17)24(30)31)23-26-12-14-29(23)2/h3-11,13,15H,12,14H2,1-2H3,(H2,27,28,32). The van der Waals surface area contributed by atoms with Crippen LogP contribution in [0.3, 0.4) is 0 Å². The number of amides is 2. The Hall–Kier alpha value is -3.56. The van der Waals surface area contributed by atoms with Gasteiger partial charge in [0.1, 0.15) is 5.84 Å². The summed E-state index contributed by atoms with van der Waals surface area (Å²) in [5.41, 5.74) is 2.30. The molecule has 1 aliphatic heterocycles. The number of hydrogen-bond donors (Lipinski definition) is 2. The SMILES string of the molecule is Cc1ccc(SNC(=O)Nc2ccc(-n3ccc4cc(C5=NCCN5C)ccc4c3=O)cc2)s1. The fourth-order valence-electron chi connectivity index (χ4n) is 3.86. The molecule has 0 bridgehead atoms. The Bertz CT molecular complexity index is 1460. The summed E-state index contributed by atoms with van der Waals surface area (Å²) in [6.07, 6.45) is 1.78. The van der Waals surface area contributed by atoms with Crippen LogP contribution in [-0.4, -0.2) is 41.5 Å². The van der Waals surface area contributed by atoms with Crippen LogP contribution in [0.2, 0.25) is 0 Å². The summed E-state index contributed by atoms with van der Waals surface area (Å²) in [7, 11) is 2.03. The highest BCUT2D eigenvalue weighted by Gasteiger charge is 2.15. The molecule has 0 atom stereocenters. The highest BCUT2D eigenvalue weighted by atomic mass is 32.2. The molecule has 0 spiro atoms. The zero-order valence-electron chi connectivity index (χ0n) is 18.7. The first-order chi connectivity index (χ1) is 16.5. The number of aliphatic imine (C=N–C) groups is 1. The van der Waals surface area contributed by atoms with E-state index in [-0.39, 0.29) is 11.6 Å². The summed E-state index contributed by atoms with van der Waals surface area (Å²) < 4.78 is 5.41. The highest BCUT2D eigenvalue weighted by molar-refractivity contribution is 7.99. The molecule has 5 rings (SSSR count). The van der Waals surface area contributed by atoms with Gasteiger partial charge in [-0.15, -0.1) is 11.3 Å². The molecular weight excluding hydrogens is 466 g/mol. The second-order valence-corrected chi connectivity index (χ2v) is 10.4. The van der Waals surface area contributed by atoms with Gasteiger partial charge in [0, 0.05) is 47.0 Å². The van der Waals surface area contributed by atoms with Crippen molar-refractivity contribution in [1.82, 2.24) is 14.2 Å². The van der Waals surface area contributed by atoms with Crippen molar-refractivity contribution in [3.8, 4) is 5.69 Å². The van der Waals surface area contributed by atoms with E-state index in [4.69, 9.17) is 0 Å². The van der Waals surface area contributed by atoms with Crippen molar-refractivity contribution in [3.63, 3.8) is 0 Å². The van der Waals surface area contributed by atoms with Crippen LogP contribution in [0, 0.1) is 6.92 Å². The fourth-order valence-corrected chi connectivity index (χ4v) is 5.52. The maximum atomic E-state index is 13.2. The van der Waals surface area contributed by atoms with E-state index in [1.165, 1.54) is 16.8 Å². The topological polar surface area (TPSA) is 78.7 Å². The summed E-state index contributed by atoms with van der Waals surface area (Å²) in [6, 6.07) is 18.7. The molecule has 3 heterocycles. The molecule has 2 amide bonds. The number of pyridine rings is 1. The van der Waals surface area contributed by atoms with Gasteiger partial charge in [0.05, 0.1) is 10.8 Å². The van der Waals surface area contributed by atoms with Crippen molar-refractivity contribution >= 4 is 51.6 Å². The zero-order chi connectivity index (χ0) is 23.7. The molecule has 0 aliphatic carbocycles. The van der Waals surface area contributed by atoms with Crippen molar-refractivity contribution in [1.29, 1.82) is 0 Å². The van der Waals surface area contributed by atoms with Gasteiger partial charge in [0.25, 0.3) is 5.56 Å². The molecule has 0 fully saturated rings. The van der Waals surface area contributed by atoms with E-state index in [0.29, 0.717) is 11.1 Å². The minimum absolute atomic E-state index is 0.0909. The largest absolute Gasteiger partial charge is 0.358 e. The number of nitrogens with zero attached hydrogens (tertiary/aromatic N) is 3. The van der Waals surface area contributed by atoms with Crippen molar-refractivity contribution in [2.75, 3.05) is 25.5 Å². The average Bonchev–Trinajstić information content (AvgIpc) is 3.46. The van der Waals surface area contributed by atoms with Crippen LogP contribution in [0.1, 0.15) is 10.4 Å². The Morgan fingerprint density at radius 3 is 2.62 bits per heavy atom. The summed E-state index contributed by atoms with van der Waals surface area (Å²) in [6.45, 7) is 3.73. The number of fused-ring (bicyclic) bond motifs is 1. The van der Waals surface area contributed by atoms with Crippen LogP contribution in [0.4, 0.5) is 10.5 Å². The van der Waals surface area contributed by atoms with Gasteiger partial charge >= 0.3 is 6.03 Å². The van der Waals surface area contributed by atoms with Gasteiger partial charge in [0.15, 0.2) is 0 Å². The Morgan fingerprint density at radius 2 is 1.91 bits per heavy atom. The Labute approximate surface area is 205 Å². The van der Waals surface area contributed by atoms with E-state index >= 15 is 0 Å². The molecule has 2 aromatic carbocycles. The molecule has 2 N–H and O–H groups in total. The van der Waals surface area contributed by atoms with Crippen LogP contribution >= 0.6 is 23.3 Å². The predicted molar refractivity (Wildman–Crippen MR) is 141 cm³/mol. The first kappa shape index (κ1) is 22.2. The van der Waals surface area contributed by atoms with Gasteiger partial charge < -0.3 is 10.2 Å². The van der Waals surface area contributed by atoms with Gasteiger partial charge in [-0.3, -0.25) is 19.1 Å². The van der Waals surface area contributed by atoms with Crippen molar-refractivity contribution < 1.29 is 4.79 Å². The number of hydrogen-bond acceptors (Lipinski definition) is 6. The van der Waals surface area contributed by atoms with E-state index in [2.05, 4.69) is 19.9 Å². The minimum atomic E-state index is -0.306. The minimum Gasteiger partial charge on any atom is -0.358 e. The third kappa shape index (κ3) is 4.57. The molecule has 172 valence electrons. The molecular formula is C25H23N5O2S2. The van der Waals surface area contributed by atoms with Crippen LogP contribution in [0.25, 0.3) is 16.5 Å². The second-order valence-electron chi connectivity index (χ2n) is 7.99. The van der Waals surface area contributed by atoms with Crippen LogP contribution in [0.15, 0.2) is 80.9 Å². The third-order valence-electron chi connectivity index (χ3n) is 5.58. The average molecular weight is 490 g/mol. The van der Waals surface area contributed by atoms with E-state index in [0.717, 1.165) is 39.8 Å². The lowest BCUT2D eigenvalue weighted by atomic mass is 10.1. The van der Waals surface area contributed by atoms with Crippen molar-refractivity contribution in [2.45, 2.75) is 11.1 Å². The fraction of sp³-hybridized carbons (Fsp3) is 0.160. The number of benzene rings is 2. The normalized spacial score (nSPS) is 13.2. The number of carbonyl (C=O) groups is 1. The number of nitrogens with one attached hydrogen (secondary N) is 2. The van der Waals surface area contributed by atoms with Crippen LogP contribution < -0.4 is 15.6 Å². The number of aryl methyl sites for hydroxylation is 1. The number of anilines is 1. The van der Waals surface area contributed by atoms with Crippen molar-refractivity contribution in [3.05, 3.63) is 87.7 Å². The molecule has 1 aliphatic rings. The molecule has 0 unspecified atom stereocenters. The first-order valence-corrected chi connectivity index (χ1v) is 12.4. The maximum Gasteiger partial charge on any atom is 0.329 e. The van der Waals surface area contributed by atoms with Crippen LogP contribution in [0.5, 0.6) is 0 Å². The van der Waals surface area contributed by atoms with E-state index < -0.39 is 0 Å². The lowest BCUT2D eigenvalue weighted by Crippen LogP contribution is -2.23.